The van der Waals surface area contributed by atoms with Crippen molar-refractivity contribution in [1.82, 2.24) is 9.71 Å². The summed E-state index contributed by atoms with van der Waals surface area (Å²) in [4.78, 5) is 17.0. The number of nitrogens with one attached hydrogen (secondary N) is 2. The van der Waals surface area contributed by atoms with Crippen molar-refractivity contribution < 1.29 is 14.1 Å². The number of hydrogen-bond donors (Lipinski definition) is 3. The third kappa shape index (κ3) is 5.63. The monoisotopic (exact) mass is 449 g/mol. The minimum atomic E-state index is -1.48. The lowest BCUT2D eigenvalue weighted by Gasteiger charge is -2.09. The Morgan fingerprint density at radius 1 is 1.24 bits per heavy atom. The van der Waals surface area contributed by atoms with Crippen molar-refractivity contribution in [3.63, 3.8) is 0 Å². The maximum atomic E-state index is 12.7. The molecule has 0 aliphatic rings. The molecule has 0 saturated heterocycles. The van der Waals surface area contributed by atoms with Crippen molar-refractivity contribution in [2.24, 2.45) is 0 Å². The summed E-state index contributed by atoms with van der Waals surface area (Å²) in [6, 6.07) is 12.2. The highest BCUT2D eigenvalue weighted by molar-refractivity contribution is 7.83. The number of aromatic hydroxyl groups is 1. The van der Waals surface area contributed by atoms with Crippen LogP contribution in [0.15, 0.2) is 47.4 Å². The van der Waals surface area contributed by atoms with Crippen LogP contribution in [0, 0.1) is 6.92 Å². The fourth-order valence-corrected chi connectivity index (χ4v) is 4.94. The maximum Gasteiger partial charge on any atom is 0.223 e. The molecule has 6 nitrogen and oxygen atoms in total. The quantitative estimate of drug-likeness (QED) is 0.501. The van der Waals surface area contributed by atoms with Crippen molar-refractivity contribution in [3.8, 4) is 16.2 Å². The molecule has 1 heterocycles. The first-order valence-corrected chi connectivity index (χ1v) is 11.2. The Bertz CT molecular complexity index is 1050. The summed E-state index contributed by atoms with van der Waals surface area (Å²) in [5, 5.41) is 12.9. The molecule has 1 amide bonds. The van der Waals surface area contributed by atoms with Gasteiger partial charge in [0.25, 0.3) is 0 Å². The average molecular weight is 450 g/mol. The van der Waals surface area contributed by atoms with Gasteiger partial charge < -0.3 is 10.4 Å². The van der Waals surface area contributed by atoms with Crippen molar-refractivity contribution in [2.75, 3.05) is 11.9 Å². The number of carbonyl (C=O) groups excluding carboxylic acids is 1. The number of anilines is 1. The summed E-state index contributed by atoms with van der Waals surface area (Å²) in [6.07, 6.45) is 0.664. The summed E-state index contributed by atoms with van der Waals surface area (Å²) < 4.78 is 15.7. The largest absolute Gasteiger partial charge is 0.508 e. The number of amides is 1. The van der Waals surface area contributed by atoms with E-state index in [2.05, 4.69) is 15.0 Å². The topological polar surface area (TPSA) is 91.3 Å². The van der Waals surface area contributed by atoms with Gasteiger partial charge in [0.15, 0.2) is 5.13 Å². The van der Waals surface area contributed by atoms with E-state index in [1.165, 1.54) is 18.3 Å². The summed E-state index contributed by atoms with van der Waals surface area (Å²) >= 11 is 7.63. The van der Waals surface area contributed by atoms with E-state index < -0.39 is 11.0 Å². The molecule has 0 bridgehead atoms. The minimum absolute atomic E-state index is 0.180. The molecule has 1 atom stereocenters. The van der Waals surface area contributed by atoms with Gasteiger partial charge in [-0.3, -0.25) is 4.79 Å². The van der Waals surface area contributed by atoms with Gasteiger partial charge in [0, 0.05) is 13.5 Å². The van der Waals surface area contributed by atoms with Crippen LogP contribution in [0.2, 0.25) is 5.02 Å². The van der Waals surface area contributed by atoms with Crippen LogP contribution in [-0.2, 0) is 22.2 Å². The van der Waals surface area contributed by atoms with Crippen LogP contribution in [0.3, 0.4) is 0 Å². The van der Waals surface area contributed by atoms with Crippen LogP contribution in [0.1, 0.15) is 18.2 Å². The number of phenolic OH excluding ortho intramolecular Hbond substituents is 1. The summed E-state index contributed by atoms with van der Waals surface area (Å²) in [5.74, 6) is 0.0370. The number of hydrogen-bond acceptors (Lipinski definition) is 5. The molecule has 9 heteroatoms. The summed E-state index contributed by atoms with van der Waals surface area (Å²) in [7, 11) is -1.48. The molecular formula is C20H20ClN3O3S2. The van der Waals surface area contributed by atoms with E-state index >= 15 is 0 Å². The smallest absolute Gasteiger partial charge is 0.223 e. The highest BCUT2D eigenvalue weighted by Crippen LogP contribution is 2.35. The van der Waals surface area contributed by atoms with Gasteiger partial charge in [0.2, 0.25) is 5.91 Å². The Morgan fingerprint density at radius 2 is 1.97 bits per heavy atom. The van der Waals surface area contributed by atoms with Gasteiger partial charge in [-0.1, -0.05) is 41.1 Å². The number of nitrogens with zero attached hydrogens (tertiary/aromatic N) is 1. The number of phenols is 1. The first kappa shape index (κ1) is 21.4. The normalized spacial score (nSPS) is 12.0. The second-order valence-electron chi connectivity index (χ2n) is 6.34. The zero-order valence-corrected chi connectivity index (χ0v) is 18.2. The molecule has 29 heavy (non-hydrogen) atoms. The van der Waals surface area contributed by atoms with Crippen LogP contribution in [0.5, 0.6) is 5.75 Å². The van der Waals surface area contributed by atoms with Crippen molar-refractivity contribution in [3.05, 3.63) is 58.7 Å². The van der Waals surface area contributed by atoms with Crippen molar-refractivity contribution >= 4 is 45.0 Å². The summed E-state index contributed by atoms with van der Waals surface area (Å²) in [6.45, 7) is 3.78. The fraction of sp³-hybridized carbons (Fsp3) is 0.200. The van der Waals surface area contributed by atoms with Crippen LogP contribution >= 0.6 is 22.9 Å². The molecule has 0 aliphatic heterocycles. The average Bonchev–Trinajstić information content (AvgIpc) is 3.03. The zero-order chi connectivity index (χ0) is 21.0. The van der Waals surface area contributed by atoms with E-state index in [1.807, 2.05) is 25.1 Å². The third-order valence-electron chi connectivity index (χ3n) is 4.06. The lowest BCUT2D eigenvalue weighted by atomic mass is 10.1. The number of rotatable bonds is 7. The lowest BCUT2D eigenvalue weighted by Crippen LogP contribution is -2.20. The number of aromatic nitrogens is 1. The first-order chi connectivity index (χ1) is 13.8. The van der Waals surface area contributed by atoms with E-state index in [-0.39, 0.29) is 11.7 Å². The van der Waals surface area contributed by atoms with Gasteiger partial charge in [0.05, 0.1) is 20.5 Å². The second kappa shape index (κ2) is 9.49. The SMILES string of the molecule is CC(=O)Nc1nc(C)c(-c2ccc(Cl)c(S(=O)NCCc3ccc(O)cc3)c2)s1. The molecule has 0 fully saturated rings. The van der Waals surface area contributed by atoms with Gasteiger partial charge in [-0.25, -0.2) is 13.9 Å². The number of benzene rings is 2. The van der Waals surface area contributed by atoms with Gasteiger partial charge in [0.1, 0.15) is 16.7 Å². The maximum absolute atomic E-state index is 12.7. The second-order valence-corrected chi connectivity index (χ2v) is 9.01. The molecular weight excluding hydrogens is 430 g/mol. The van der Waals surface area contributed by atoms with E-state index in [0.717, 1.165) is 21.7 Å². The van der Waals surface area contributed by atoms with Crippen LogP contribution < -0.4 is 10.0 Å². The van der Waals surface area contributed by atoms with E-state index in [1.54, 1.807) is 24.3 Å². The minimum Gasteiger partial charge on any atom is -0.508 e. The Morgan fingerprint density at radius 3 is 2.66 bits per heavy atom. The Kier molecular flexibility index (Phi) is 7.02. The molecule has 152 valence electrons. The predicted molar refractivity (Wildman–Crippen MR) is 118 cm³/mol. The highest BCUT2D eigenvalue weighted by atomic mass is 35.5. The highest BCUT2D eigenvalue weighted by Gasteiger charge is 2.15. The van der Waals surface area contributed by atoms with E-state index in [9.17, 15) is 14.1 Å². The first-order valence-electron chi connectivity index (χ1n) is 8.81. The van der Waals surface area contributed by atoms with Crippen molar-refractivity contribution in [1.29, 1.82) is 0 Å². The molecule has 1 unspecified atom stereocenters. The Hall–Kier alpha value is -2.26. The van der Waals surface area contributed by atoms with Gasteiger partial charge in [-0.2, -0.15) is 0 Å². The molecule has 3 N–H and O–H groups in total. The number of thiazole rings is 1. The number of aryl methyl sites for hydroxylation is 1. The van der Waals surface area contributed by atoms with Crippen LogP contribution in [0.25, 0.3) is 10.4 Å². The zero-order valence-electron chi connectivity index (χ0n) is 15.9. The molecule has 0 saturated carbocycles. The molecule has 3 rings (SSSR count). The van der Waals surface area contributed by atoms with Crippen LogP contribution in [-0.4, -0.2) is 26.8 Å². The molecule has 0 aliphatic carbocycles. The Labute approximate surface area is 180 Å². The number of halogens is 1. The Balaban J connectivity index is 1.73. The van der Waals surface area contributed by atoms with Crippen molar-refractivity contribution in [2.45, 2.75) is 25.2 Å². The third-order valence-corrected chi connectivity index (χ3v) is 6.82. The molecule has 0 spiro atoms. The molecule has 1 aromatic heterocycles. The van der Waals surface area contributed by atoms with Gasteiger partial charge in [-0.05, 0) is 48.7 Å². The molecule has 2 aromatic carbocycles. The predicted octanol–water partition coefficient (Wildman–Crippen LogP) is 4.29. The molecule has 3 aromatic rings. The van der Waals surface area contributed by atoms with E-state index in [4.69, 9.17) is 11.6 Å². The van der Waals surface area contributed by atoms with E-state index in [0.29, 0.717) is 28.0 Å². The fourth-order valence-electron chi connectivity index (χ4n) is 2.68. The van der Waals surface area contributed by atoms with Crippen LogP contribution in [0.4, 0.5) is 5.13 Å². The van der Waals surface area contributed by atoms with Gasteiger partial charge >= 0.3 is 0 Å². The number of carbonyl (C=O) groups is 1. The van der Waals surface area contributed by atoms with Gasteiger partial charge in [-0.15, -0.1) is 0 Å². The summed E-state index contributed by atoms with van der Waals surface area (Å²) in [5.41, 5.74) is 2.64. The lowest BCUT2D eigenvalue weighted by molar-refractivity contribution is -0.114. The molecule has 0 radical (unpaired) electrons. The standard InChI is InChI=1S/C20H20ClN3O3S2/c1-12-19(28-20(23-12)24-13(2)25)15-5-8-17(21)18(11-15)29(27)22-10-9-14-3-6-16(26)7-4-14/h3-8,11,22,26H,9-10H2,1-2H3,(H,23,24,25).